The molecule has 6 fully saturated rings. The van der Waals surface area contributed by atoms with E-state index in [4.69, 9.17) is 15.2 Å². The van der Waals surface area contributed by atoms with Crippen LogP contribution in [0.4, 0.5) is 0 Å². The second-order valence-corrected chi connectivity index (χ2v) is 19.7. The first-order valence-electron chi connectivity index (χ1n) is 20.7. The van der Waals surface area contributed by atoms with Gasteiger partial charge in [0.15, 0.2) is 5.78 Å². The molecular weight excluding hydrogens is 640 g/mol. The summed E-state index contributed by atoms with van der Waals surface area (Å²) >= 11 is 0. The Kier molecular flexibility index (Phi) is 8.83. The molecule has 0 radical (unpaired) electrons. The monoisotopic (exact) mass is 706 g/mol. The first kappa shape index (κ1) is 36.3. The molecule has 0 unspecified atom stereocenters. The number of epoxide rings is 1. The molecule has 0 aromatic rings. The van der Waals surface area contributed by atoms with Crippen molar-refractivity contribution in [2.75, 3.05) is 13.2 Å². The summed E-state index contributed by atoms with van der Waals surface area (Å²) in [7, 11) is 0. The molecule has 8 heteroatoms. The fourth-order valence-electron chi connectivity index (χ4n) is 13.6. The number of aliphatic hydroxyl groups is 3. The van der Waals surface area contributed by atoms with Crippen molar-refractivity contribution in [2.24, 2.45) is 51.6 Å². The third kappa shape index (κ3) is 5.33. The van der Waals surface area contributed by atoms with E-state index in [-0.39, 0.29) is 41.2 Å². The Morgan fingerprint density at radius 3 is 2.51 bits per heavy atom. The van der Waals surface area contributed by atoms with Gasteiger partial charge in [-0.15, -0.1) is 0 Å². The summed E-state index contributed by atoms with van der Waals surface area (Å²) in [4.78, 5) is 14.3. The summed E-state index contributed by atoms with van der Waals surface area (Å²) in [5.74, 6) is 1.83. The molecule has 3 aliphatic heterocycles. The number of hydrogen-bond donors (Lipinski definition) is 5. The Bertz CT molecular complexity index is 1490. The van der Waals surface area contributed by atoms with Crippen molar-refractivity contribution in [3.8, 4) is 0 Å². The molecule has 0 spiro atoms. The van der Waals surface area contributed by atoms with Gasteiger partial charge in [0.25, 0.3) is 0 Å². The molecule has 4 saturated carbocycles. The van der Waals surface area contributed by atoms with Crippen LogP contribution in [-0.2, 0) is 14.3 Å². The number of nitrogens with two attached hydrogens (primary N) is 1. The van der Waals surface area contributed by atoms with E-state index in [0.717, 1.165) is 82.7 Å². The van der Waals surface area contributed by atoms with E-state index in [0.29, 0.717) is 37.1 Å². The molecule has 51 heavy (non-hydrogen) atoms. The highest BCUT2D eigenvalue weighted by Crippen LogP contribution is 2.72. The lowest BCUT2D eigenvalue weighted by Gasteiger charge is -2.63. The maximum absolute atomic E-state index is 14.3. The quantitative estimate of drug-likeness (QED) is 0.188. The number of ether oxygens (including phenoxy) is 2. The lowest BCUT2D eigenvalue weighted by Crippen LogP contribution is -2.64. The molecule has 8 aliphatic rings. The largest absolute Gasteiger partial charge is 0.393 e. The summed E-state index contributed by atoms with van der Waals surface area (Å²) in [5, 5.41) is 39.7. The number of rotatable bonds is 8. The van der Waals surface area contributed by atoms with Crippen molar-refractivity contribution in [3.05, 3.63) is 35.2 Å². The lowest BCUT2D eigenvalue weighted by atomic mass is 9.42. The zero-order chi connectivity index (χ0) is 36.2. The third-order valence-electron chi connectivity index (χ3n) is 17.0. The number of fused-ring (bicyclic) bond motifs is 5. The van der Waals surface area contributed by atoms with Crippen LogP contribution >= 0.6 is 0 Å². The molecule has 5 aliphatic carbocycles. The first-order chi connectivity index (χ1) is 24.1. The number of ketones is 1. The minimum atomic E-state index is -1.10. The van der Waals surface area contributed by atoms with Gasteiger partial charge in [0.2, 0.25) is 0 Å². The van der Waals surface area contributed by atoms with Gasteiger partial charge < -0.3 is 35.8 Å². The van der Waals surface area contributed by atoms with Crippen LogP contribution in [0.5, 0.6) is 0 Å². The van der Waals surface area contributed by atoms with Crippen LogP contribution in [0.25, 0.3) is 0 Å². The third-order valence-corrected chi connectivity index (χ3v) is 17.0. The highest BCUT2D eigenvalue weighted by Gasteiger charge is 2.75. The van der Waals surface area contributed by atoms with Gasteiger partial charge in [0, 0.05) is 24.5 Å². The summed E-state index contributed by atoms with van der Waals surface area (Å²) in [6.07, 6.45) is 18.7. The average molecular weight is 707 g/mol. The maximum atomic E-state index is 14.3. The first-order valence-corrected chi connectivity index (χ1v) is 20.7. The second kappa shape index (κ2) is 12.4. The van der Waals surface area contributed by atoms with Crippen molar-refractivity contribution in [1.29, 1.82) is 0 Å². The standard InChI is InChI=1S/C43H66N2O6/c1-26-15-21-50-42(25-26,37-36(51-37)40(5,48)38(2,3)16-10-27-14-20-45-35(44)22-27)34-13-19-43(49)31-24-33(47)32-23-29(46)11-18-41(32,28-8-6-7-9-28)30(31)12-17-39(34,43)4/h14,22,24,26,28-30,32,34,36-37,45-46,48-49H,6-13,15-21,23,25,44H2,1-5H3/t26-,29+,30+,32+,34+,36+,37+,39-,40+,41+,42-,43-/m1/s1. The average Bonchev–Trinajstić information content (AvgIpc) is 3.62. The highest BCUT2D eigenvalue weighted by atomic mass is 16.6. The maximum Gasteiger partial charge on any atom is 0.159 e. The van der Waals surface area contributed by atoms with E-state index in [1.165, 1.54) is 18.4 Å². The number of dihydropyridines is 1. The number of nitrogens with one attached hydrogen (secondary N) is 1. The molecule has 0 aromatic heterocycles. The topological polar surface area (TPSA) is 138 Å². The van der Waals surface area contributed by atoms with Gasteiger partial charge in [-0.2, -0.15) is 0 Å². The molecule has 8 nitrogen and oxygen atoms in total. The molecule has 0 amide bonds. The summed E-state index contributed by atoms with van der Waals surface area (Å²) in [5.41, 5.74) is 4.36. The number of carbonyl (C=O) groups excluding carboxylic acids is 1. The Labute approximate surface area is 306 Å². The van der Waals surface area contributed by atoms with E-state index in [9.17, 15) is 20.1 Å². The number of hydrogen-bond acceptors (Lipinski definition) is 8. The lowest BCUT2D eigenvalue weighted by molar-refractivity contribution is -0.196. The van der Waals surface area contributed by atoms with Crippen LogP contribution in [0.2, 0.25) is 0 Å². The smallest absolute Gasteiger partial charge is 0.159 e. The van der Waals surface area contributed by atoms with Gasteiger partial charge in [-0.05, 0) is 148 Å². The molecule has 12 atom stereocenters. The minimum Gasteiger partial charge on any atom is -0.393 e. The number of allylic oxidation sites excluding steroid dienone is 3. The predicted octanol–water partition coefficient (Wildman–Crippen LogP) is 6.23. The number of aliphatic hydroxyl groups excluding tert-OH is 1. The second-order valence-electron chi connectivity index (χ2n) is 19.7. The van der Waals surface area contributed by atoms with Crippen molar-refractivity contribution >= 4 is 5.78 Å². The summed E-state index contributed by atoms with van der Waals surface area (Å²) in [6.45, 7) is 12.2. The van der Waals surface area contributed by atoms with E-state index >= 15 is 0 Å². The fraction of sp³-hybridized carbons (Fsp3) is 0.837. The van der Waals surface area contributed by atoms with E-state index < -0.39 is 33.7 Å². The van der Waals surface area contributed by atoms with Gasteiger partial charge in [-0.3, -0.25) is 4.79 Å². The van der Waals surface area contributed by atoms with Crippen LogP contribution < -0.4 is 11.1 Å². The van der Waals surface area contributed by atoms with E-state index in [1.54, 1.807) is 0 Å². The molecule has 3 heterocycles. The van der Waals surface area contributed by atoms with Crippen molar-refractivity contribution in [3.63, 3.8) is 0 Å². The molecule has 6 N–H and O–H groups in total. The Morgan fingerprint density at radius 1 is 1.02 bits per heavy atom. The van der Waals surface area contributed by atoms with Crippen LogP contribution in [0.15, 0.2) is 35.2 Å². The molecule has 0 aromatic carbocycles. The Hall–Kier alpha value is -1.71. The highest BCUT2D eigenvalue weighted by molar-refractivity contribution is 5.95. The normalized spacial score (nSPS) is 46.9. The van der Waals surface area contributed by atoms with E-state index in [2.05, 4.69) is 39.1 Å². The van der Waals surface area contributed by atoms with Crippen molar-refractivity contribution in [2.45, 2.75) is 166 Å². The SMILES string of the molecule is C[C@@H]1CCO[C@]([C@H]2CC[C@@]3(O)C4=CC(=O)[C@@H]5C[C@@H](O)CC[C@]5(C5CCCC5)[C@H]4CC[C@]23C)([C@H]2O[C@@H]2[C@](C)(O)C(C)(C)CCC2=CCNC(N)=C2)C1. The van der Waals surface area contributed by atoms with Crippen LogP contribution in [-0.4, -0.2) is 69.4 Å². The van der Waals surface area contributed by atoms with Gasteiger partial charge in [-0.1, -0.05) is 46.6 Å². The van der Waals surface area contributed by atoms with Gasteiger partial charge in [0.1, 0.15) is 17.8 Å². The van der Waals surface area contributed by atoms with Crippen molar-refractivity contribution in [1.82, 2.24) is 5.32 Å². The Morgan fingerprint density at radius 2 is 1.78 bits per heavy atom. The van der Waals surface area contributed by atoms with Gasteiger partial charge in [-0.25, -0.2) is 0 Å². The number of carbonyl (C=O) groups is 1. The summed E-state index contributed by atoms with van der Waals surface area (Å²) < 4.78 is 13.8. The van der Waals surface area contributed by atoms with E-state index in [1.807, 2.05) is 19.1 Å². The fourth-order valence-corrected chi connectivity index (χ4v) is 13.6. The predicted molar refractivity (Wildman–Crippen MR) is 197 cm³/mol. The minimum absolute atomic E-state index is 0.0324. The van der Waals surface area contributed by atoms with Gasteiger partial charge >= 0.3 is 0 Å². The van der Waals surface area contributed by atoms with Crippen molar-refractivity contribution < 1.29 is 29.6 Å². The molecule has 284 valence electrons. The van der Waals surface area contributed by atoms with Crippen LogP contribution in [0.3, 0.4) is 0 Å². The van der Waals surface area contributed by atoms with Crippen LogP contribution in [0, 0.1) is 45.8 Å². The summed E-state index contributed by atoms with van der Waals surface area (Å²) in [6, 6.07) is 0. The molecule has 8 rings (SSSR count). The molecule has 2 saturated heterocycles. The zero-order valence-corrected chi connectivity index (χ0v) is 32.0. The molecule has 0 bridgehead atoms. The van der Waals surface area contributed by atoms with Crippen LogP contribution in [0.1, 0.15) is 131 Å². The molecular formula is C43H66N2O6. The van der Waals surface area contributed by atoms with Gasteiger partial charge in [0.05, 0.1) is 23.1 Å². The Balaban J connectivity index is 1.10. The zero-order valence-electron chi connectivity index (χ0n) is 32.0.